The smallest absolute Gasteiger partial charge is 0.336 e. The maximum absolute atomic E-state index is 12.3. The van der Waals surface area contributed by atoms with Crippen LogP contribution in [0.1, 0.15) is 11.5 Å². The lowest BCUT2D eigenvalue weighted by molar-refractivity contribution is -0.137. The summed E-state index contributed by atoms with van der Waals surface area (Å²) < 4.78 is 20.3. The van der Waals surface area contributed by atoms with Crippen LogP contribution >= 0.6 is 0 Å². The summed E-state index contributed by atoms with van der Waals surface area (Å²) in [6.45, 7) is 0. The van der Waals surface area contributed by atoms with Crippen LogP contribution in [-0.4, -0.2) is 52.3 Å². The van der Waals surface area contributed by atoms with Gasteiger partial charge in [0.2, 0.25) is 0 Å². The van der Waals surface area contributed by atoms with Gasteiger partial charge in [0.1, 0.15) is 0 Å². The van der Waals surface area contributed by atoms with Crippen LogP contribution in [0.2, 0.25) is 0 Å². The monoisotopic (exact) mass is 347 g/mol. The molecule has 0 N–H and O–H groups in total. The van der Waals surface area contributed by atoms with Crippen molar-refractivity contribution in [2.24, 2.45) is 0 Å². The van der Waals surface area contributed by atoms with Crippen molar-refractivity contribution in [1.82, 2.24) is 4.90 Å². The van der Waals surface area contributed by atoms with Gasteiger partial charge < -0.3 is 23.8 Å². The summed E-state index contributed by atoms with van der Waals surface area (Å²) >= 11 is 0. The van der Waals surface area contributed by atoms with E-state index in [1.165, 1.54) is 28.4 Å². The molecular formula is C18H21NO6. The number of rotatable bonds is 5. The summed E-state index contributed by atoms with van der Waals surface area (Å²) in [5.41, 5.74) is 1.32. The van der Waals surface area contributed by atoms with Crippen molar-refractivity contribution in [2.45, 2.75) is 5.92 Å². The topological polar surface area (TPSA) is 74.3 Å². The van der Waals surface area contributed by atoms with Gasteiger partial charge >= 0.3 is 11.9 Å². The van der Waals surface area contributed by atoms with Gasteiger partial charge in [0.05, 0.1) is 45.5 Å². The van der Waals surface area contributed by atoms with E-state index < -0.39 is 17.9 Å². The molecule has 0 radical (unpaired) electrons. The van der Waals surface area contributed by atoms with E-state index in [0.717, 1.165) is 0 Å². The average Bonchev–Trinajstić information content (AvgIpc) is 2.65. The summed E-state index contributed by atoms with van der Waals surface area (Å²) in [4.78, 5) is 26.2. The summed E-state index contributed by atoms with van der Waals surface area (Å²) in [6.07, 6.45) is 3.25. The van der Waals surface area contributed by atoms with E-state index in [2.05, 4.69) is 0 Å². The minimum atomic E-state index is -0.643. The molecular weight excluding hydrogens is 326 g/mol. The van der Waals surface area contributed by atoms with Crippen molar-refractivity contribution in [3.05, 3.63) is 47.3 Å². The largest absolute Gasteiger partial charge is 0.493 e. The highest BCUT2D eigenvalue weighted by Gasteiger charge is 2.35. The van der Waals surface area contributed by atoms with Crippen molar-refractivity contribution < 1.29 is 28.5 Å². The fourth-order valence-corrected chi connectivity index (χ4v) is 2.76. The Labute approximate surface area is 146 Å². The van der Waals surface area contributed by atoms with E-state index >= 15 is 0 Å². The predicted octanol–water partition coefficient (Wildman–Crippen LogP) is 1.85. The molecule has 0 unspecified atom stereocenters. The molecule has 1 aliphatic heterocycles. The number of carbonyl (C=O) groups excluding carboxylic acids is 2. The number of esters is 2. The molecule has 7 nitrogen and oxygen atoms in total. The first-order valence-corrected chi connectivity index (χ1v) is 7.50. The highest BCUT2D eigenvalue weighted by atomic mass is 16.5. The Morgan fingerprint density at radius 2 is 1.40 bits per heavy atom. The van der Waals surface area contributed by atoms with Gasteiger partial charge in [-0.2, -0.15) is 0 Å². The molecule has 0 saturated carbocycles. The molecule has 1 heterocycles. The van der Waals surface area contributed by atoms with E-state index in [-0.39, 0.29) is 0 Å². The first-order chi connectivity index (χ1) is 12.0. The van der Waals surface area contributed by atoms with E-state index in [0.29, 0.717) is 28.2 Å². The minimum Gasteiger partial charge on any atom is -0.493 e. The normalized spacial score (nSPS) is 14.4. The standard InChI is InChI=1S/C18H21NO6/c1-19-9-12(17(20)24-4)16(13(10-19)18(21)25-5)11-6-7-14(22-2)15(8-11)23-3/h6-10,16H,1-5H3. The number of ether oxygens (including phenoxy) is 4. The summed E-state index contributed by atoms with van der Waals surface area (Å²) in [5, 5.41) is 0. The third kappa shape index (κ3) is 3.60. The molecule has 0 fully saturated rings. The Balaban J connectivity index is 2.61. The van der Waals surface area contributed by atoms with Crippen molar-refractivity contribution in [3.63, 3.8) is 0 Å². The van der Waals surface area contributed by atoms with Gasteiger partial charge in [-0.25, -0.2) is 9.59 Å². The Morgan fingerprint density at radius 1 is 0.880 bits per heavy atom. The predicted molar refractivity (Wildman–Crippen MR) is 90.2 cm³/mol. The highest BCUT2D eigenvalue weighted by molar-refractivity contribution is 5.98. The molecule has 0 spiro atoms. The van der Waals surface area contributed by atoms with Crippen molar-refractivity contribution in [1.29, 1.82) is 0 Å². The second kappa shape index (κ2) is 7.74. The van der Waals surface area contributed by atoms with Crippen LogP contribution in [0, 0.1) is 0 Å². The Morgan fingerprint density at radius 3 is 1.84 bits per heavy atom. The molecule has 1 aromatic carbocycles. The molecule has 1 aromatic rings. The van der Waals surface area contributed by atoms with Crippen molar-refractivity contribution >= 4 is 11.9 Å². The molecule has 0 amide bonds. The van der Waals surface area contributed by atoms with Gasteiger partial charge in [-0.15, -0.1) is 0 Å². The summed E-state index contributed by atoms with van der Waals surface area (Å²) in [6, 6.07) is 5.21. The van der Waals surface area contributed by atoms with E-state index in [4.69, 9.17) is 18.9 Å². The molecule has 1 aliphatic rings. The van der Waals surface area contributed by atoms with Crippen molar-refractivity contribution in [2.75, 3.05) is 35.5 Å². The third-order valence-electron chi connectivity index (χ3n) is 3.89. The van der Waals surface area contributed by atoms with Crippen LogP contribution in [0.25, 0.3) is 0 Å². The van der Waals surface area contributed by atoms with Gasteiger partial charge in [-0.1, -0.05) is 6.07 Å². The van der Waals surface area contributed by atoms with Crippen LogP contribution in [-0.2, 0) is 19.1 Å². The second-order valence-corrected chi connectivity index (χ2v) is 5.36. The molecule has 0 atom stereocenters. The van der Waals surface area contributed by atoms with Gasteiger partial charge in [-0.05, 0) is 17.7 Å². The van der Waals surface area contributed by atoms with Gasteiger partial charge in [0, 0.05) is 19.4 Å². The molecule has 0 bridgehead atoms. The fourth-order valence-electron chi connectivity index (χ4n) is 2.76. The molecule has 134 valence electrons. The van der Waals surface area contributed by atoms with Crippen LogP contribution in [0.15, 0.2) is 41.7 Å². The molecule has 0 aromatic heterocycles. The fraction of sp³-hybridized carbons (Fsp3) is 0.333. The number of benzene rings is 1. The first kappa shape index (κ1) is 18.4. The van der Waals surface area contributed by atoms with E-state index in [9.17, 15) is 9.59 Å². The van der Waals surface area contributed by atoms with Gasteiger partial charge in [0.25, 0.3) is 0 Å². The van der Waals surface area contributed by atoms with Crippen LogP contribution in [0.4, 0.5) is 0 Å². The molecule has 25 heavy (non-hydrogen) atoms. The van der Waals surface area contributed by atoms with Crippen LogP contribution in [0.3, 0.4) is 0 Å². The Kier molecular flexibility index (Phi) is 5.69. The summed E-state index contributed by atoms with van der Waals surface area (Å²) in [5.74, 6) is -0.656. The summed E-state index contributed by atoms with van der Waals surface area (Å²) in [7, 11) is 7.36. The molecule has 0 aliphatic carbocycles. The maximum Gasteiger partial charge on any atom is 0.336 e. The van der Waals surface area contributed by atoms with Crippen molar-refractivity contribution in [3.8, 4) is 11.5 Å². The lowest BCUT2D eigenvalue weighted by atomic mass is 9.83. The number of nitrogens with zero attached hydrogens (tertiary/aromatic N) is 1. The Bertz CT molecular complexity index is 703. The zero-order valence-corrected chi connectivity index (χ0v) is 14.9. The Hall–Kier alpha value is -2.96. The molecule has 7 heteroatoms. The zero-order valence-electron chi connectivity index (χ0n) is 14.9. The molecule has 2 rings (SSSR count). The number of hydrogen-bond acceptors (Lipinski definition) is 7. The maximum atomic E-state index is 12.3. The lowest BCUT2D eigenvalue weighted by Gasteiger charge is -2.28. The molecule has 0 saturated heterocycles. The minimum absolute atomic E-state index is 0.320. The number of methoxy groups -OCH3 is 4. The SMILES string of the molecule is COC(=O)C1=CN(C)C=C(C(=O)OC)C1c1ccc(OC)c(OC)c1. The average molecular weight is 347 g/mol. The third-order valence-corrected chi connectivity index (χ3v) is 3.89. The first-order valence-electron chi connectivity index (χ1n) is 7.50. The van der Waals surface area contributed by atoms with E-state index in [1.54, 1.807) is 42.5 Å². The van der Waals surface area contributed by atoms with Crippen LogP contribution in [0.5, 0.6) is 11.5 Å². The van der Waals surface area contributed by atoms with Crippen LogP contribution < -0.4 is 9.47 Å². The second-order valence-electron chi connectivity index (χ2n) is 5.36. The number of hydrogen-bond donors (Lipinski definition) is 0. The number of carbonyl (C=O) groups is 2. The van der Waals surface area contributed by atoms with Gasteiger partial charge in [-0.3, -0.25) is 0 Å². The van der Waals surface area contributed by atoms with E-state index in [1.807, 2.05) is 0 Å². The quantitative estimate of drug-likeness (QED) is 0.753. The van der Waals surface area contributed by atoms with Gasteiger partial charge in [0.15, 0.2) is 11.5 Å². The lowest BCUT2D eigenvalue weighted by Crippen LogP contribution is -2.27. The highest BCUT2D eigenvalue weighted by Crippen LogP contribution is 2.40. The zero-order chi connectivity index (χ0) is 18.6.